The molecule has 0 spiro atoms. The van der Waals surface area contributed by atoms with E-state index in [1.807, 2.05) is 12.3 Å². The quantitative estimate of drug-likeness (QED) is 0.104. The molecule has 0 amide bonds. The largest absolute Gasteiger partial charge is 0.256 e. The average molecular weight is 1080 g/mol. The van der Waals surface area contributed by atoms with Crippen LogP contribution in [0.4, 0.5) is 0 Å². The molecule has 0 N–H and O–H groups in total. The zero-order valence-corrected chi connectivity index (χ0v) is 46.9. The Bertz CT molecular complexity index is 5380. The van der Waals surface area contributed by atoms with Crippen molar-refractivity contribution < 1.29 is 0 Å². The average Bonchev–Trinajstić information content (AvgIpc) is 1.83. The van der Waals surface area contributed by atoms with Gasteiger partial charge in [0.25, 0.3) is 0 Å². The minimum Gasteiger partial charge on any atom is -0.256 e. The molecule has 0 saturated carbocycles. The molecule has 85 heavy (non-hydrogen) atoms. The molecule has 14 aromatic carbocycles. The van der Waals surface area contributed by atoms with E-state index in [4.69, 9.17) is 4.98 Å². The Kier molecular flexibility index (Phi) is 11.1. The minimum absolute atomic E-state index is 1.05. The summed E-state index contributed by atoms with van der Waals surface area (Å²) < 4.78 is 0. The predicted octanol–water partition coefficient (Wildman–Crippen LogP) is 23.3. The van der Waals surface area contributed by atoms with Crippen LogP contribution in [-0.4, -0.2) is 4.98 Å². The van der Waals surface area contributed by atoms with Crippen LogP contribution in [0, 0.1) is 0 Å². The first-order valence-electron chi connectivity index (χ1n) is 29.4. The third kappa shape index (κ3) is 7.61. The number of aromatic nitrogens is 1. The molecule has 1 nitrogen and oxygen atoms in total. The zero-order valence-electron chi connectivity index (χ0n) is 46.9. The van der Waals surface area contributed by atoms with Crippen LogP contribution in [0.2, 0.25) is 0 Å². The van der Waals surface area contributed by atoms with Gasteiger partial charge in [-0.15, -0.1) is 0 Å². The molecule has 0 radical (unpaired) electrons. The van der Waals surface area contributed by atoms with Crippen molar-refractivity contribution in [1.82, 2.24) is 4.98 Å². The summed E-state index contributed by atoms with van der Waals surface area (Å²) in [6, 6.07) is 99.4. The van der Waals surface area contributed by atoms with Gasteiger partial charge in [0.05, 0.1) is 5.69 Å². The summed E-state index contributed by atoms with van der Waals surface area (Å²) in [6.45, 7) is 6.35. The number of fused-ring (bicyclic) bond motifs is 11. The van der Waals surface area contributed by atoms with Gasteiger partial charge < -0.3 is 0 Å². The smallest absolute Gasteiger partial charge is 0.0787 e. The Morgan fingerprint density at radius 1 is 0.282 bits per heavy atom. The van der Waals surface area contributed by atoms with E-state index in [0.717, 1.165) is 5.69 Å². The van der Waals surface area contributed by atoms with Crippen LogP contribution in [0.25, 0.3) is 176 Å². The summed E-state index contributed by atoms with van der Waals surface area (Å²) in [5.74, 6) is 0. The Balaban J connectivity index is 0.841. The zero-order chi connectivity index (χ0) is 56.3. The van der Waals surface area contributed by atoms with E-state index in [9.17, 15) is 0 Å². The maximum atomic E-state index is 5.08. The van der Waals surface area contributed by atoms with Gasteiger partial charge in [0, 0.05) is 28.3 Å². The Morgan fingerprint density at radius 2 is 0.706 bits per heavy atom. The number of hydrogen-bond donors (Lipinski definition) is 0. The summed E-state index contributed by atoms with van der Waals surface area (Å²) in [5, 5.41) is 15.0. The molecule has 394 valence electrons. The first-order valence-corrected chi connectivity index (χ1v) is 29.4. The molecule has 0 saturated heterocycles. The van der Waals surface area contributed by atoms with Crippen molar-refractivity contribution in [1.29, 1.82) is 0 Å². The first kappa shape index (κ1) is 48.7. The second kappa shape index (κ2) is 19.3. The van der Waals surface area contributed by atoms with Crippen LogP contribution in [0.3, 0.4) is 0 Å². The second-order valence-corrected chi connectivity index (χ2v) is 22.9. The van der Waals surface area contributed by atoms with Gasteiger partial charge in [0.15, 0.2) is 0 Å². The van der Waals surface area contributed by atoms with Crippen LogP contribution in [0.1, 0.15) is 18.1 Å². The van der Waals surface area contributed by atoms with Crippen LogP contribution < -0.4 is 0 Å². The van der Waals surface area contributed by atoms with E-state index in [0.29, 0.717) is 0 Å². The van der Waals surface area contributed by atoms with E-state index in [1.165, 1.54) is 181 Å². The summed E-state index contributed by atoms with van der Waals surface area (Å²) in [4.78, 5) is 5.08. The van der Waals surface area contributed by atoms with Crippen molar-refractivity contribution in [3.63, 3.8) is 0 Å². The molecule has 0 fully saturated rings. The van der Waals surface area contributed by atoms with E-state index in [1.54, 1.807) is 0 Å². The lowest BCUT2D eigenvalue weighted by Crippen LogP contribution is -1.92. The molecular formula is C84H53N. The Labute approximate surface area is 494 Å². The van der Waals surface area contributed by atoms with Crippen LogP contribution in [0.15, 0.2) is 298 Å². The lowest BCUT2D eigenvalue weighted by Gasteiger charge is -2.18. The van der Waals surface area contributed by atoms with Crippen molar-refractivity contribution in [2.24, 2.45) is 0 Å². The summed E-state index contributed by atoms with van der Waals surface area (Å²) in [5.41, 5.74) is 26.6. The van der Waals surface area contributed by atoms with Crippen LogP contribution in [-0.2, 0) is 0 Å². The Morgan fingerprint density at radius 3 is 1.29 bits per heavy atom. The number of nitrogens with zero attached hydrogens (tertiary/aromatic N) is 1. The molecule has 1 aromatic heterocycles. The topological polar surface area (TPSA) is 12.9 Å². The molecule has 0 aliphatic heterocycles. The van der Waals surface area contributed by atoms with Gasteiger partial charge in [-0.05, 0) is 215 Å². The molecule has 0 unspecified atom stereocenters. The van der Waals surface area contributed by atoms with Crippen molar-refractivity contribution >= 4 is 75.8 Å². The number of pyridine rings is 1. The maximum absolute atomic E-state index is 5.08. The summed E-state index contributed by atoms with van der Waals surface area (Å²) >= 11 is 0. The molecule has 1 heteroatoms. The van der Waals surface area contributed by atoms with Crippen molar-refractivity contribution in [3.05, 3.63) is 309 Å². The molecule has 1 heterocycles. The summed E-state index contributed by atoms with van der Waals surface area (Å²) in [7, 11) is 0. The first-order chi connectivity index (χ1) is 42.0. The van der Waals surface area contributed by atoms with Gasteiger partial charge in [0.1, 0.15) is 0 Å². The standard InChI is InChI=1S/C84H53N/c1-3-4-29-62-51(2)70-47-75-65-37-35-59(52-19-9-5-10-20-52)45-73(65)71(48-77(75)67-41-39-63(80(62)82(67)70)55-23-13-7-14-24-55)57-33-31-54(32-34-57)58-27-17-28-61(44-58)72-49-78-68-42-40-64(56-25-15-8-16-26-56)81-69-30-18-43-85-84(69)79(83(68)81)50-76(78)66-38-36-60(46-74(66)72)53-21-11-6-12-22-53/h3-50H,1H2,2H3/b29-4-. The number of allylic oxidation sites excluding steroid dienone is 5. The van der Waals surface area contributed by atoms with E-state index >= 15 is 0 Å². The fourth-order valence-electron chi connectivity index (χ4n) is 14.4. The fraction of sp³-hybridized carbons (Fsp3) is 0.0119. The van der Waals surface area contributed by atoms with Gasteiger partial charge in [-0.25, -0.2) is 0 Å². The number of rotatable bonds is 9. The lowest BCUT2D eigenvalue weighted by molar-refractivity contribution is 1.35. The third-order valence-corrected chi connectivity index (χ3v) is 18.4. The predicted molar refractivity (Wildman–Crippen MR) is 364 cm³/mol. The monoisotopic (exact) mass is 1080 g/mol. The maximum Gasteiger partial charge on any atom is 0.0787 e. The molecule has 2 aliphatic rings. The van der Waals surface area contributed by atoms with E-state index < -0.39 is 0 Å². The van der Waals surface area contributed by atoms with Crippen LogP contribution >= 0.6 is 0 Å². The minimum atomic E-state index is 1.05. The molecule has 2 aliphatic carbocycles. The molecule has 0 bridgehead atoms. The molecule has 0 atom stereocenters. The van der Waals surface area contributed by atoms with Crippen molar-refractivity contribution in [3.8, 4) is 100 Å². The number of benzene rings is 14. The van der Waals surface area contributed by atoms with E-state index in [2.05, 4.69) is 293 Å². The van der Waals surface area contributed by atoms with E-state index in [-0.39, 0.29) is 0 Å². The third-order valence-electron chi connectivity index (χ3n) is 18.4. The molecular weight excluding hydrogens is 1020 g/mol. The highest BCUT2D eigenvalue weighted by Gasteiger charge is 2.29. The normalized spacial score (nSPS) is 12.5. The number of hydrogen-bond acceptors (Lipinski definition) is 1. The summed E-state index contributed by atoms with van der Waals surface area (Å²) in [6.07, 6.45) is 8.14. The second-order valence-electron chi connectivity index (χ2n) is 22.9. The van der Waals surface area contributed by atoms with Crippen LogP contribution in [0.5, 0.6) is 0 Å². The van der Waals surface area contributed by atoms with Gasteiger partial charge in [0.2, 0.25) is 0 Å². The Hall–Kier alpha value is -11.0. The van der Waals surface area contributed by atoms with Gasteiger partial charge in [-0.3, -0.25) is 4.98 Å². The highest BCUT2D eigenvalue weighted by atomic mass is 14.7. The molecule has 15 aromatic rings. The van der Waals surface area contributed by atoms with Gasteiger partial charge in [-0.2, -0.15) is 0 Å². The SMILES string of the molecule is C=C/C=C\C1=C(C)c2cc3c4ccc(-c5ccccc5)cc4c(-c4ccc(-c5cccc(-c6cc7c8ccc(-c9ccccc9)c9c8c(cc7c7ccc(-c8ccccc8)cc67)-c6ncccc6-9)c5)cc4)cc3c3ccc(-c4ccccc4)c1c23. The highest BCUT2D eigenvalue weighted by Crippen LogP contribution is 2.55. The van der Waals surface area contributed by atoms with Crippen molar-refractivity contribution in [2.75, 3.05) is 0 Å². The highest BCUT2D eigenvalue weighted by molar-refractivity contribution is 6.31. The fourth-order valence-corrected chi connectivity index (χ4v) is 14.4. The van der Waals surface area contributed by atoms with Gasteiger partial charge in [-0.1, -0.05) is 243 Å². The molecule has 17 rings (SSSR count). The van der Waals surface area contributed by atoms with Gasteiger partial charge >= 0.3 is 0 Å². The van der Waals surface area contributed by atoms with Crippen molar-refractivity contribution in [2.45, 2.75) is 6.92 Å². The lowest BCUT2D eigenvalue weighted by atomic mass is 9.85.